The Balaban J connectivity index is 2.54. The Morgan fingerprint density at radius 2 is 2.19 bits per heavy atom. The highest BCUT2D eigenvalue weighted by Gasteiger charge is 2.22. The second-order valence-electron chi connectivity index (χ2n) is 4.14. The van der Waals surface area contributed by atoms with Crippen LogP contribution in [-0.2, 0) is 10.0 Å². The topological polar surface area (TPSA) is 84.6 Å². The van der Waals surface area contributed by atoms with Crippen molar-refractivity contribution in [2.24, 2.45) is 4.99 Å². The van der Waals surface area contributed by atoms with E-state index in [1.807, 2.05) is 0 Å². The first-order valence-electron chi connectivity index (χ1n) is 5.61. The summed E-state index contributed by atoms with van der Waals surface area (Å²) in [5.74, 6) is -1.47. The minimum absolute atomic E-state index is 0.0738. The van der Waals surface area contributed by atoms with E-state index >= 15 is 0 Å². The third-order valence-corrected chi connectivity index (χ3v) is 5.26. The quantitative estimate of drug-likeness (QED) is 0.614. The molecule has 2 aromatic heterocycles. The predicted octanol–water partition coefficient (Wildman–Crippen LogP) is 0.902. The molecule has 0 aliphatic rings. The Morgan fingerprint density at radius 1 is 1.48 bits per heavy atom. The molecule has 0 aliphatic heterocycles. The fourth-order valence-corrected chi connectivity index (χ4v) is 3.61. The summed E-state index contributed by atoms with van der Waals surface area (Å²) in [6.07, 6.45) is 1.83. The molecule has 0 bridgehead atoms. The van der Waals surface area contributed by atoms with Crippen LogP contribution in [0.25, 0.3) is 0 Å². The molecule has 2 aromatic rings. The molecule has 0 radical (unpaired) electrons. The maximum atomic E-state index is 13.8. The lowest BCUT2D eigenvalue weighted by atomic mass is 10.6. The van der Waals surface area contributed by atoms with E-state index in [1.165, 1.54) is 28.8 Å². The van der Waals surface area contributed by atoms with Gasteiger partial charge in [-0.1, -0.05) is 6.07 Å². The molecule has 0 atom stereocenters. The fraction of sp³-hybridized carbons (Fsp3) is 0.182. The average Bonchev–Trinajstić information content (AvgIpc) is 2.93. The molecule has 10 heteroatoms. The largest absolute Gasteiger partial charge is 0.369 e. The van der Waals surface area contributed by atoms with Gasteiger partial charge in [-0.15, -0.1) is 11.3 Å². The monoisotopic (exact) mass is 330 g/mol. The zero-order valence-corrected chi connectivity index (χ0v) is 12.7. The molecular formula is C11H11FN4O3S2. The Bertz CT molecular complexity index is 826. The molecule has 0 aliphatic carbocycles. The fourth-order valence-electron chi connectivity index (χ4n) is 1.35. The highest BCUT2D eigenvalue weighted by molar-refractivity contribution is 7.92. The molecule has 0 saturated carbocycles. The van der Waals surface area contributed by atoms with E-state index in [-0.39, 0.29) is 8.18 Å². The Kier molecular flexibility index (Phi) is 4.19. The van der Waals surface area contributed by atoms with Gasteiger partial charge in [-0.3, -0.25) is 0 Å². The van der Waals surface area contributed by atoms with Crippen molar-refractivity contribution in [2.75, 3.05) is 14.1 Å². The molecule has 7 nitrogen and oxygen atoms in total. The van der Waals surface area contributed by atoms with Crippen LogP contribution in [0.3, 0.4) is 0 Å². The minimum atomic E-state index is -4.14. The molecule has 0 aromatic carbocycles. The van der Waals surface area contributed by atoms with Gasteiger partial charge in [0.2, 0.25) is 0 Å². The van der Waals surface area contributed by atoms with Crippen LogP contribution in [0.5, 0.6) is 0 Å². The first-order valence-corrected chi connectivity index (χ1v) is 7.93. The minimum Gasteiger partial charge on any atom is -0.369 e. The van der Waals surface area contributed by atoms with E-state index in [9.17, 15) is 17.6 Å². The summed E-state index contributed by atoms with van der Waals surface area (Å²) in [6, 6.07) is 2.84. The molecule has 0 saturated heterocycles. The number of aliphatic imine (C=N–C) groups is 1. The van der Waals surface area contributed by atoms with Crippen molar-refractivity contribution in [1.82, 2.24) is 13.9 Å². The van der Waals surface area contributed by atoms with Crippen molar-refractivity contribution in [3.05, 3.63) is 40.0 Å². The van der Waals surface area contributed by atoms with Crippen molar-refractivity contribution in [3.8, 4) is 0 Å². The number of thiophene rings is 1. The Hall–Kier alpha value is -2.07. The van der Waals surface area contributed by atoms with Crippen LogP contribution in [0.15, 0.2) is 37.7 Å². The zero-order valence-electron chi connectivity index (χ0n) is 11.1. The third kappa shape index (κ3) is 3.16. The summed E-state index contributed by atoms with van der Waals surface area (Å²) >= 11 is 0.923. The molecule has 2 heterocycles. The van der Waals surface area contributed by atoms with Gasteiger partial charge >= 0.3 is 5.69 Å². The van der Waals surface area contributed by atoms with Crippen molar-refractivity contribution in [1.29, 1.82) is 0 Å². The van der Waals surface area contributed by atoms with E-state index in [2.05, 4.69) is 9.98 Å². The van der Waals surface area contributed by atoms with Crippen LogP contribution in [0.2, 0.25) is 0 Å². The Labute approximate surface area is 124 Å². The lowest BCUT2D eigenvalue weighted by Gasteiger charge is -2.06. The van der Waals surface area contributed by atoms with Crippen LogP contribution in [-0.4, -0.2) is 42.7 Å². The number of rotatable bonds is 4. The number of halogens is 1. The SMILES string of the molecule is CN(C)/C=N/c1nc(=O)n(S(=O)(=O)c2cccs2)cc1F. The summed E-state index contributed by atoms with van der Waals surface area (Å²) in [7, 11) is -0.826. The molecular weight excluding hydrogens is 319 g/mol. The summed E-state index contributed by atoms with van der Waals surface area (Å²) < 4.78 is 38.4. The highest BCUT2D eigenvalue weighted by Crippen LogP contribution is 2.19. The smallest absolute Gasteiger partial charge is 0.363 e. The summed E-state index contributed by atoms with van der Waals surface area (Å²) in [5, 5.41) is 1.54. The Morgan fingerprint density at radius 3 is 2.76 bits per heavy atom. The summed E-state index contributed by atoms with van der Waals surface area (Å²) in [4.78, 5) is 20.3. The van der Waals surface area contributed by atoms with Gasteiger partial charge < -0.3 is 4.90 Å². The molecule has 0 amide bonds. The first-order chi connectivity index (χ1) is 9.82. The van der Waals surface area contributed by atoms with Gasteiger partial charge in [-0.25, -0.2) is 14.2 Å². The van der Waals surface area contributed by atoms with Crippen molar-refractivity contribution < 1.29 is 12.8 Å². The van der Waals surface area contributed by atoms with Gasteiger partial charge in [0.1, 0.15) is 4.21 Å². The molecule has 2 rings (SSSR count). The lowest BCUT2D eigenvalue weighted by molar-refractivity contribution is 0.572. The molecule has 112 valence electrons. The van der Waals surface area contributed by atoms with Crippen LogP contribution < -0.4 is 5.69 Å². The normalized spacial score (nSPS) is 12.0. The maximum Gasteiger partial charge on any atom is 0.363 e. The van der Waals surface area contributed by atoms with Gasteiger partial charge in [0.05, 0.1) is 12.5 Å². The predicted molar refractivity (Wildman–Crippen MR) is 77.2 cm³/mol. The van der Waals surface area contributed by atoms with Crippen LogP contribution >= 0.6 is 11.3 Å². The van der Waals surface area contributed by atoms with Gasteiger partial charge in [0.15, 0.2) is 11.6 Å². The van der Waals surface area contributed by atoms with Crippen molar-refractivity contribution >= 4 is 33.5 Å². The van der Waals surface area contributed by atoms with Gasteiger partial charge in [-0.2, -0.15) is 17.4 Å². The third-order valence-electron chi connectivity index (χ3n) is 2.25. The van der Waals surface area contributed by atoms with Crippen LogP contribution in [0, 0.1) is 5.82 Å². The highest BCUT2D eigenvalue weighted by atomic mass is 32.2. The molecule has 21 heavy (non-hydrogen) atoms. The molecule has 0 N–H and O–H groups in total. The number of aromatic nitrogens is 2. The average molecular weight is 330 g/mol. The van der Waals surface area contributed by atoms with E-state index < -0.39 is 27.3 Å². The number of hydrogen-bond donors (Lipinski definition) is 0. The van der Waals surface area contributed by atoms with Gasteiger partial charge in [-0.05, 0) is 11.4 Å². The first kappa shape index (κ1) is 15.3. The molecule has 0 unspecified atom stereocenters. The standard InChI is InChI=1S/C11H11FN4O3S2/c1-15(2)7-13-10-8(12)6-16(11(17)14-10)21(18,19)9-4-3-5-20-9/h3-7H,1-2H3/b13-7+. The number of nitrogens with zero attached hydrogens (tertiary/aromatic N) is 4. The number of hydrogen-bond acceptors (Lipinski definition) is 6. The van der Waals surface area contributed by atoms with E-state index in [0.29, 0.717) is 6.20 Å². The zero-order chi connectivity index (χ0) is 15.6. The van der Waals surface area contributed by atoms with E-state index in [0.717, 1.165) is 11.3 Å². The second kappa shape index (κ2) is 5.74. The lowest BCUT2D eigenvalue weighted by Crippen LogP contribution is -2.29. The summed E-state index contributed by atoms with van der Waals surface area (Å²) in [5.41, 5.74) is -1.12. The summed E-state index contributed by atoms with van der Waals surface area (Å²) in [6.45, 7) is 0. The van der Waals surface area contributed by atoms with Gasteiger partial charge in [0, 0.05) is 14.1 Å². The molecule has 0 spiro atoms. The molecule has 0 fully saturated rings. The van der Waals surface area contributed by atoms with Crippen LogP contribution in [0.4, 0.5) is 10.2 Å². The van der Waals surface area contributed by atoms with Crippen molar-refractivity contribution in [3.63, 3.8) is 0 Å². The second-order valence-corrected chi connectivity index (χ2v) is 7.13. The van der Waals surface area contributed by atoms with Crippen LogP contribution in [0.1, 0.15) is 0 Å². The van der Waals surface area contributed by atoms with E-state index in [1.54, 1.807) is 14.1 Å². The van der Waals surface area contributed by atoms with E-state index in [4.69, 9.17) is 0 Å². The van der Waals surface area contributed by atoms with Crippen molar-refractivity contribution in [2.45, 2.75) is 4.21 Å². The maximum absolute atomic E-state index is 13.8. The van der Waals surface area contributed by atoms with Gasteiger partial charge in [0.25, 0.3) is 10.0 Å².